The first-order chi connectivity index (χ1) is 16.1. The number of nitrogens with zero attached hydrogens (tertiary/aromatic N) is 3. The van der Waals surface area contributed by atoms with E-state index in [2.05, 4.69) is 22.0 Å². The van der Waals surface area contributed by atoms with Crippen molar-refractivity contribution in [3.05, 3.63) is 69.1 Å². The van der Waals surface area contributed by atoms with Crippen LogP contribution >= 0.6 is 0 Å². The van der Waals surface area contributed by atoms with Gasteiger partial charge in [-0.3, -0.25) is 9.36 Å². The number of hydrogen-bond donors (Lipinski definition) is 2. The number of benzene rings is 2. The predicted molar refractivity (Wildman–Crippen MR) is 123 cm³/mol. The van der Waals surface area contributed by atoms with Crippen molar-refractivity contribution in [2.75, 3.05) is 13.7 Å². The molecule has 7 nitrogen and oxygen atoms in total. The van der Waals surface area contributed by atoms with Crippen LogP contribution in [-0.4, -0.2) is 33.9 Å². The third-order valence-electron chi connectivity index (χ3n) is 5.43. The van der Waals surface area contributed by atoms with E-state index in [-0.39, 0.29) is 34.1 Å². The summed E-state index contributed by atoms with van der Waals surface area (Å²) in [6.07, 6.45) is 1.51. The normalized spacial score (nSPS) is 15.6. The molecule has 1 fully saturated rings. The minimum absolute atomic E-state index is 0.0451. The SMILES string of the molecule is [C-]#[N+]c1cc(C#CC(C)(C)O)c2nc(C3CCCN3)n(-c3cc(F)c(OC)c(F)c3)c(=O)c2c1. The molecule has 2 N–H and O–H groups in total. The maximum atomic E-state index is 14.5. The molecule has 1 aliphatic rings. The molecule has 3 aromatic rings. The lowest BCUT2D eigenvalue weighted by Crippen LogP contribution is -2.29. The summed E-state index contributed by atoms with van der Waals surface area (Å²) in [5, 5.41) is 13.4. The fraction of sp³-hybridized carbons (Fsp3) is 0.320. The van der Waals surface area contributed by atoms with Crippen molar-refractivity contribution in [3.8, 4) is 23.3 Å². The Hall–Kier alpha value is -3.79. The van der Waals surface area contributed by atoms with Crippen LogP contribution in [0.4, 0.5) is 14.5 Å². The highest BCUT2D eigenvalue weighted by Gasteiger charge is 2.26. The predicted octanol–water partition coefficient (Wildman–Crippen LogP) is 3.77. The molecule has 0 spiro atoms. The van der Waals surface area contributed by atoms with Crippen molar-refractivity contribution in [1.29, 1.82) is 0 Å². The quantitative estimate of drug-likeness (QED) is 0.456. The van der Waals surface area contributed by atoms with Gasteiger partial charge in [-0.2, -0.15) is 0 Å². The third kappa shape index (κ3) is 4.36. The smallest absolute Gasteiger partial charge is 0.264 e. The van der Waals surface area contributed by atoms with E-state index in [1.807, 2.05) is 0 Å². The first-order valence-electron chi connectivity index (χ1n) is 10.6. The van der Waals surface area contributed by atoms with Gasteiger partial charge in [0.15, 0.2) is 23.1 Å². The van der Waals surface area contributed by atoms with Crippen molar-refractivity contribution in [1.82, 2.24) is 14.9 Å². The number of methoxy groups -OCH3 is 1. The minimum atomic E-state index is -1.30. The van der Waals surface area contributed by atoms with Crippen LogP contribution in [0.3, 0.4) is 0 Å². The minimum Gasteiger partial charge on any atom is -0.491 e. The lowest BCUT2D eigenvalue weighted by atomic mass is 10.1. The van der Waals surface area contributed by atoms with E-state index in [1.54, 1.807) is 0 Å². The van der Waals surface area contributed by atoms with E-state index in [9.17, 15) is 18.7 Å². The molecule has 0 aliphatic carbocycles. The number of aromatic nitrogens is 2. The van der Waals surface area contributed by atoms with Gasteiger partial charge in [0.25, 0.3) is 5.56 Å². The molecule has 1 saturated heterocycles. The number of aliphatic hydroxyl groups is 1. The second-order valence-electron chi connectivity index (χ2n) is 8.51. The van der Waals surface area contributed by atoms with Gasteiger partial charge in [0.1, 0.15) is 11.4 Å². The maximum absolute atomic E-state index is 14.5. The summed E-state index contributed by atoms with van der Waals surface area (Å²) in [5.41, 5.74) is -1.23. The summed E-state index contributed by atoms with van der Waals surface area (Å²) < 4.78 is 35.0. The molecule has 0 bridgehead atoms. The molecule has 1 unspecified atom stereocenters. The number of ether oxygens (including phenoxy) is 1. The largest absolute Gasteiger partial charge is 0.491 e. The van der Waals surface area contributed by atoms with Gasteiger partial charge in [0, 0.05) is 17.7 Å². The van der Waals surface area contributed by atoms with E-state index in [0.717, 1.165) is 30.2 Å². The van der Waals surface area contributed by atoms with Crippen molar-refractivity contribution < 1.29 is 18.6 Å². The van der Waals surface area contributed by atoms with Crippen molar-refractivity contribution in [2.45, 2.75) is 38.3 Å². The highest BCUT2D eigenvalue weighted by Crippen LogP contribution is 2.30. The molecular formula is C25H22F2N4O3. The highest BCUT2D eigenvalue weighted by atomic mass is 19.1. The molecule has 1 aliphatic heterocycles. The Balaban J connectivity index is 2.10. The Kier molecular flexibility index (Phi) is 6.09. The van der Waals surface area contributed by atoms with Gasteiger partial charge >= 0.3 is 0 Å². The molecule has 0 saturated carbocycles. The monoisotopic (exact) mass is 464 g/mol. The molecule has 9 heteroatoms. The first-order valence-corrected chi connectivity index (χ1v) is 10.6. The zero-order chi connectivity index (χ0) is 24.6. The summed E-state index contributed by atoms with van der Waals surface area (Å²) in [7, 11) is 1.15. The summed E-state index contributed by atoms with van der Waals surface area (Å²) in [6.45, 7) is 11.1. The van der Waals surface area contributed by atoms with Crippen LogP contribution in [0.25, 0.3) is 21.4 Å². The zero-order valence-electron chi connectivity index (χ0n) is 18.9. The topological polar surface area (TPSA) is 80.7 Å². The third-order valence-corrected chi connectivity index (χ3v) is 5.43. The van der Waals surface area contributed by atoms with Crippen molar-refractivity contribution in [2.24, 2.45) is 0 Å². The lowest BCUT2D eigenvalue weighted by molar-refractivity contribution is 0.143. The molecule has 2 heterocycles. The molecular weight excluding hydrogens is 442 g/mol. The van der Waals surface area contributed by atoms with Gasteiger partial charge in [-0.1, -0.05) is 11.8 Å². The lowest BCUT2D eigenvalue weighted by Gasteiger charge is -2.19. The van der Waals surface area contributed by atoms with Crippen LogP contribution in [-0.2, 0) is 0 Å². The second-order valence-corrected chi connectivity index (χ2v) is 8.51. The van der Waals surface area contributed by atoms with Gasteiger partial charge in [0.2, 0.25) is 0 Å². The first kappa shape index (κ1) is 23.4. The Morgan fingerprint density at radius 2 is 2.00 bits per heavy atom. The van der Waals surface area contributed by atoms with E-state index in [0.29, 0.717) is 18.5 Å². The average molecular weight is 464 g/mol. The van der Waals surface area contributed by atoms with Gasteiger partial charge in [-0.15, -0.1) is 0 Å². The second kappa shape index (κ2) is 8.86. The van der Waals surface area contributed by atoms with Gasteiger partial charge in [-0.05, 0) is 45.4 Å². The Morgan fingerprint density at radius 1 is 1.29 bits per heavy atom. The molecule has 1 aromatic heterocycles. The van der Waals surface area contributed by atoms with Gasteiger partial charge in [0.05, 0.1) is 36.3 Å². The average Bonchev–Trinajstić information content (AvgIpc) is 3.31. The summed E-state index contributed by atoms with van der Waals surface area (Å²) in [4.78, 5) is 21.8. The molecule has 174 valence electrons. The van der Waals surface area contributed by atoms with Crippen LogP contribution in [0.2, 0.25) is 0 Å². The van der Waals surface area contributed by atoms with Crippen LogP contribution in [0.5, 0.6) is 5.75 Å². The van der Waals surface area contributed by atoms with Crippen LogP contribution in [0, 0.1) is 30.0 Å². The van der Waals surface area contributed by atoms with E-state index in [1.165, 1.54) is 26.0 Å². The highest BCUT2D eigenvalue weighted by molar-refractivity contribution is 5.88. The maximum Gasteiger partial charge on any atom is 0.264 e. The molecule has 2 aromatic carbocycles. The molecule has 1 atom stereocenters. The Morgan fingerprint density at radius 3 is 2.56 bits per heavy atom. The van der Waals surface area contributed by atoms with E-state index < -0.39 is 28.5 Å². The number of halogens is 2. The molecule has 4 rings (SSSR count). The summed E-state index contributed by atoms with van der Waals surface area (Å²) >= 11 is 0. The van der Waals surface area contributed by atoms with Crippen molar-refractivity contribution >= 4 is 16.6 Å². The number of fused-ring (bicyclic) bond motifs is 1. The fourth-order valence-corrected chi connectivity index (χ4v) is 3.93. The van der Waals surface area contributed by atoms with Gasteiger partial charge < -0.3 is 15.2 Å². The Labute approximate surface area is 194 Å². The van der Waals surface area contributed by atoms with Crippen LogP contribution in [0.1, 0.15) is 44.1 Å². The van der Waals surface area contributed by atoms with E-state index >= 15 is 0 Å². The number of hydrogen-bond acceptors (Lipinski definition) is 5. The summed E-state index contributed by atoms with van der Waals surface area (Å²) in [5.74, 6) is 3.33. The standard InChI is InChI=1S/C25H22F2N4O3/c1-25(2,33)8-7-14-10-15(28-3)11-17-21(14)30-23(20-6-5-9-29-20)31(24(17)32)16-12-18(26)22(34-4)19(27)13-16/h10-13,20,29,33H,5-6,9H2,1-2,4H3. The van der Waals surface area contributed by atoms with Crippen molar-refractivity contribution in [3.63, 3.8) is 0 Å². The molecule has 34 heavy (non-hydrogen) atoms. The number of nitrogens with one attached hydrogen (secondary N) is 1. The van der Waals surface area contributed by atoms with Gasteiger partial charge in [-0.25, -0.2) is 18.6 Å². The van der Waals surface area contributed by atoms with Crippen LogP contribution in [0.15, 0.2) is 29.1 Å². The van der Waals surface area contributed by atoms with E-state index in [4.69, 9.17) is 16.3 Å². The van der Waals surface area contributed by atoms with Crippen LogP contribution < -0.4 is 15.6 Å². The molecule has 0 radical (unpaired) electrons. The Bertz CT molecular complexity index is 1430. The molecule has 0 amide bonds. The fourth-order valence-electron chi connectivity index (χ4n) is 3.93. The number of rotatable bonds is 3. The zero-order valence-corrected chi connectivity index (χ0v) is 18.9. The summed E-state index contributed by atoms with van der Waals surface area (Å²) in [6, 6.07) is 4.59.